The highest BCUT2D eigenvalue weighted by Crippen LogP contribution is 2.26. The van der Waals surface area contributed by atoms with Crippen LogP contribution >= 0.6 is 11.6 Å². The van der Waals surface area contributed by atoms with Gasteiger partial charge in [-0.3, -0.25) is 4.98 Å². The monoisotopic (exact) mass is 291 g/mol. The fourth-order valence-electron chi connectivity index (χ4n) is 2.52. The van der Waals surface area contributed by atoms with E-state index in [1.165, 1.54) is 4.90 Å². The third kappa shape index (κ3) is 2.49. The minimum Gasteiger partial charge on any atom is -0.465 e. The van der Waals surface area contributed by atoms with E-state index < -0.39 is 6.09 Å². The molecule has 104 valence electrons. The molecule has 1 aliphatic rings. The number of benzene rings is 1. The Labute approximate surface area is 121 Å². The lowest BCUT2D eigenvalue weighted by Crippen LogP contribution is -2.30. The number of rotatable bonds is 2. The maximum absolute atomic E-state index is 10.9. The number of carbonyl (C=O) groups is 1. The van der Waals surface area contributed by atoms with E-state index >= 15 is 0 Å². The summed E-state index contributed by atoms with van der Waals surface area (Å²) in [4.78, 5) is 16.6. The maximum atomic E-state index is 10.9. The van der Waals surface area contributed by atoms with Crippen LogP contribution in [0.5, 0.6) is 0 Å². The van der Waals surface area contributed by atoms with Crippen LogP contribution in [0.3, 0.4) is 0 Å². The molecule has 2 aromatic rings. The molecular weight excluding hydrogens is 278 g/mol. The van der Waals surface area contributed by atoms with E-state index in [0.29, 0.717) is 18.1 Å². The molecule has 6 heteroatoms. The molecule has 0 bridgehead atoms. The number of likely N-dealkylation sites (tertiary alicyclic amines) is 1. The summed E-state index contributed by atoms with van der Waals surface area (Å²) in [5, 5.41) is 14.0. The van der Waals surface area contributed by atoms with Crippen LogP contribution in [0.25, 0.3) is 10.9 Å². The van der Waals surface area contributed by atoms with E-state index in [9.17, 15) is 4.79 Å². The summed E-state index contributed by atoms with van der Waals surface area (Å²) in [7, 11) is 0. The van der Waals surface area contributed by atoms with Crippen LogP contribution in [0, 0.1) is 0 Å². The molecule has 1 aromatic carbocycles. The predicted octanol–water partition coefficient (Wildman–Crippen LogP) is 3.05. The van der Waals surface area contributed by atoms with Gasteiger partial charge < -0.3 is 15.3 Å². The largest absolute Gasteiger partial charge is 0.465 e. The minimum atomic E-state index is -0.864. The molecule has 1 aliphatic heterocycles. The van der Waals surface area contributed by atoms with Gasteiger partial charge in [0.15, 0.2) is 0 Å². The van der Waals surface area contributed by atoms with Gasteiger partial charge in [0, 0.05) is 41.4 Å². The summed E-state index contributed by atoms with van der Waals surface area (Å²) in [5.41, 5.74) is 1.81. The lowest BCUT2D eigenvalue weighted by molar-refractivity contribution is 0.155. The Bertz CT molecular complexity index is 662. The average Bonchev–Trinajstić information content (AvgIpc) is 2.88. The zero-order valence-electron chi connectivity index (χ0n) is 10.7. The van der Waals surface area contributed by atoms with Crippen LogP contribution in [0.1, 0.15) is 6.42 Å². The molecule has 2 heterocycles. The minimum absolute atomic E-state index is 0.121. The fraction of sp³-hybridized carbons (Fsp3) is 0.286. The zero-order chi connectivity index (χ0) is 14.1. The number of nitrogens with one attached hydrogen (secondary N) is 1. The lowest BCUT2D eigenvalue weighted by Gasteiger charge is -2.16. The van der Waals surface area contributed by atoms with E-state index in [1.54, 1.807) is 6.20 Å². The second-order valence-corrected chi connectivity index (χ2v) is 5.31. The molecule has 1 aromatic heterocycles. The second-order valence-electron chi connectivity index (χ2n) is 4.88. The molecule has 0 aliphatic carbocycles. The van der Waals surface area contributed by atoms with Gasteiger partial charge in [0.1, 0.15) is 0 Å². The van der Waals surface area contributed by atoms with Gasteiger partial charge in [-0.15, -0.1) is 0 Å². The van der Waals surface area contributed by atoms with Crippen molar-refractivity contribution in [2.24, 2.45) is 0 Å². The van der Waals surface area contributed by atoms with Gasteiger partial charge in [-0.1, -0.05) is 11.6 Å². The van der Waals surface area contributed by atoms with Crippen molar-refractivity contribution in [2.45, 2.75) is 12.5 Å². The number of pyridine rings is 1. The Kier molecular flexibility index (Phi) is 3.36. The van der Waals surface area contributed by atoms with Gasteiger partial charge in [-0.05, 0) is 30.7 Å². The van der Waals surface area contributed by atoms with Crippen LogP contribution in [-0.2, 0) is 0 Å². The standard InChI is InChI=1S/C14H14ClN3O2/c15-9-1-2-12-11(7-9)13(3-5-16-12)17-10-4-6-18(8-10)14(19)20/h1-3,5,7,10H,4,6,8H2,(H,16,17)(H,19,20). The number of halogens is 1. The summed E-state index contributed by atoms with van der Waals surface area (Å²) in [6, 6.07) is 7.57. The summed E-state index contributed by atoms with van der Waals surface area (Å²) in [6.07, 6.45) is 1.68. The van der Waals surface area contributed by atoms with E-state index in [0.717, 1.165) is 23.0 Å². The first-order chi connectivity index (χ1) is 9.63. The second kappa shape index (κ2) is 5.17. The molecule has 5 nitrogen and oxygen atoms in total. The van der Waals surface area contributed by atoms with E-state index in [2.05, 4.69) is 10.3 Å². The molecular formula is C14H14ClN3O2. The van der Waals surface area contributed by atoms with Crippen molar-refractivity contribution < 1.29 is 9.90 Å². The number of carboxylic acid groups (broad SMARTS) is 1. The van der Waals surface area contributed by atoms with E-state index in [-0.39, 0.29) is 6.04 Å². The van der Waals surface area contributed by atoms with Gasteiger partial charge in [-0.2, -0.15) is 0 Å². The molecule has 3 rings (SSSR count). The molecule has 0 saturated carbocycles. The quantitative estimate of drug-likeness (QED) is 0.892. The summed E-state index contributed by atoms with van der Waals surface area (Å²) in [5.74, 6) is 0. The fourth-order valence-corrected chi connectivity index (χ4v) is 2.69. The third-order valence-corrected chi connectivity index (χ3v) is 3.76. The van der Waals surface area contributed by atoms with Crippen LogP contribution in [0.15, 0.2) is 30.5 Å². The molecule has 0 spiro atoms. The van der Waals surface area contributed by atoms with Crippen LogP contribution in [-0.4, -0.2) is 40.2 Å². The van der Waals surface area contributed by atoms with Gasteiger partial charge in [0.05, 0.1) is 5.52 Å². The topological polar surface area (TPSA) is 65.5 Å². The number of amides is 1. The van der Waals surface area contributed by atoms with Gasteiger partial charge in [0.2, 0.25) is 0 Å². The normalized spacial score (nSPS) is 18.4. The number of aromatic nitrogens is 1. The average molecular weight is 292 g/mol. The van der Waals surface area contributed by atoms with Crippen molar-refractivity contribution in [1.82, 2.24) is 9.88 Å². The molecule has 20 heavy (non-hydrogen) atoms. The highest BCUT2D eigenvalue weighted by atomic mass is 35.5. The summed E-state index contributed by atoms with van der Waals surface area (Å²) in [6.45, 7) is 1.07. The SMILES string of the molecule is O=C(O)N1CCC(Nc2ccnc3ccc(Cl)cc23)C1. The molecule has 0 radical (unpaired) electrons. The number of fused-ring (bicyclic) bond motifs is 1. The van der Waals surface area contributed by atoms with Crippen molar-refractivity contribution in [3.63, 3.8) is 0 Å². The predicted molar refractivity (Wildman–Crippen MR) is 78.4 cm³/mol. The van der Waals surface area contributed by atoms with Crippen LogP contribution in [0.2, 0.25) is 5.02 Å². The van der Waals surface area contributed by atoms with Crippen LogP contribution in [0.4, 0.5) is 10.5 Å². The highest BCUT2D eigenvalue weighted by Gasteiger charge is 2.25. The first-order valence-corrected chi connectivity index (χ1v) is 6.80. The number of nitrogens with zero attached hydrogens (tertiary/aromatic N) is 2. The Morgan fingerprint density at radius 2 is 2.30 bits per heavy atom. The zero-order valence-corrected chi connectivity index (χ0v) is 11.5. The number of hydrogen-bond donors (Lipinski definition) is 2. The molecule has 1 amide bonds. The summed E-state index contributed by atoms with van der Waals surface area (Å²) < 4.78 is 0. The molecule has 1 atom stereocenters. The number of hydrogen-bond acceptors (Lipinski definition) is 3. The molecule has 1 unspecified atom stereocenters. The summed E-state index contributed by atoms with van der Waals surface area (Å²) >= 11 is 6.03. The lowest BCUT2D eigenvalue weighted by atomic mass is 10.1. The van der Waals surface area contributed by atoms with Crippen molar-refractivity contribution in [1.29, 1.82) is 0 Å². The molecule has 1 fully saturated rings. The van der Waals surface area contributed by atoms with Gasteiger partial charge in [-0.25, -0.2) is 4.79 Å². The van der Waals surface area contributed by atoms with E-state index in [4.69, 9.17) is 16.7 Å². The van der Waals surface area contributed by atoms with E-state index in [1.807, 2.05) is 24.3 Å². The Morgan fingerprint density at radius 1 is 1.45 bits per heavy atom. The van der Waals surface area contributed by atoms with Crippen molar-refractivity contribution in [3.8, 4) is 0 Å². The smallest absolute Gasteiger partial charge is 0.407 e. The molecule has 1 saturated heterocycles. The van der Waals surface area contributed by atoms with Crippen molar-refractivity contribution in [3.05, 3.63) is 35.5 Å². The van der Waals surface area contributed by atoms with Crippen LogP contribution < -0.4 is 5.32 Å². The first-order valence-electron chi connectivity index (χ1n) is 6.42. The van der Waals surface area contributed by atoms with Gasteiger partial charge in [0.25, 0.3) is 0 Å². The van der Waals surface area contributed by atoms with Gasteiger partial charge >= 0.3 is 6.09 Å². The molecule has 2 N–H and O–H groups in total. The highest BCUT2D eigenvalue weighted by molar-refractivity contribution is 6.31. The Hall–Kier alpha value is -2.01. The maximum Gasteiger partial charge on any atom is 0.407 e. The Balaban J connectivity index is 1.85. The Morgan fingerprint density at radius 3 is 3.05 bits per heavy atom. The van der Waals surface area contributed by atoms with Crippen molar-refractivity contribution >= 4 is 34.3 Å². The van der Waals surface area contributed by atoms with Crippen molar-refractivity contribution in [2.75, 3.05) is 18.4 Å². The first kappa shape index (κ1) is 13.0. The number of anilines is 1. The third-order valence-electron chi connectivity index (χ3n) is 3.52.